The molecule has 132 valence electrons. The Morgan fingerprint density at radius 3 is 1.59 bits per heavy atom. The molecule has 2 N–H and O–H groups in total. The Kier molecular flexibility index (Phi) is 6.58. The maximum absolute atomic E-state index is 6.57. The predicted octanol–water partition coefficient (Wildman–Crippen LogP) is 6.70. The van der Waals surface area contributed by atoms with E-state index in [2.05, 4.69) is 48.5 Å². The van der Waals surface area contributed by atoms with Crippen LogP contribution >= 0.6 is 0 Å². The van der Waals surface area contributed by atoms with Crippen molar-refractivity contribution in [2.45, 2.75) is 118 Å². The monoisotopic (exact) mass is 309 g/mol. The zero-order valence-corrected chi connectivity index (χ0v) is 16.6. The molecule has 1 rings (SSSR count). The number of rotatable bonds is 0. The molecule has 0 spiro atoms. The molecule has 0 radical (unpaired) electrons. The Hall–Kier alpha value is -0.0400. The Morgan fingerprint density at radius 1 is 0.636 bits per heavy atom. The van der Waals surface area contributed by atoms with E-state index in [1.807, 2.05) is 0 Å². The van der Waals surface area contributed by atoms with Gasteiger partial charge >= 0.3 is 0 Å². The van der Waals surface area contributed by atoms with Gasteiger partial charge in [-0.1, -0.05) is 67.2 Å². The van der Waals surface area contributed by atoms with Crippen LogP contribution in [0, 0.1) is 16.2 Å². The molecule has 2 atom stereocenters. The molecular formula is C21H43N. The largest absolute Gasteiger partial charge is 0.325 e. The molecule has 0 aromatic rings. The van der Waals surface area contributed by atoms with Gasteiger partial charge < -0.3 is 5.73 Å². The van der Waals surface area contributed by atoms with Crippen molar-refractivity contribution in [3.63, 3.8) is 0 Å². The average molecular weight is 310 g/mol. The highest BCUT2D eigenvalue weighted by Crippen LogP contribution is 2.47. The van der Waals surface area contributed by atoms with Crippen molar-refractivity contribution in [3.8, 4) is 0 Å². The minimum atomic E-state index is 0.0312. The Morgan fingerprint density at radius 2 is 1.09 bits per heavy atom. The maximum Gasteiger partial charge on any atom is 0.0126 e. The fourth-order valence-corrected chi connectivity index (χ4v) is 3.91. The van der Waals surface area contributed by atoms with Crippen molar-refractivity contribution in [2.24, 2.45) is 22.0 Å². The van der Waals surface area contributed by atoms with Gasteiger partial charge in [-0.2, -0.15) is 0 Å². The first-order chi connectivity index (χ1) is 9.87. The summed E-state index contributed by atoms with van der Waals surface area (Å²) < 4.78 is 0. The summed E-state index contributed by atoms with van der Waals surface area (Å²) in [5.74, 6) is 0. The van der Waals surface area contributed by atoms with Crippen LogP contribution in [0.1, 0.15) is 113 Å². The summed E-state index contributed by atoms with van der Waals surface area (Å²) in [4.78, 5) is 0. The lowest BCUT2D eigenvalue weighted by Crippen LogP contribution is -2.37. The highest BCUT2D eigenvalue weighted by Gasteiger charge is 2.36. The molecule has 22 heavy (non-hydrogen) atoms. The van der Waals surface area contributed by atoms with Crippen LogP contribution in [0.5, 0.6) is 0 Å². The van der Waals surface area contributed by atoms with E-state index in [0.29, 0.717) is 16.2 Å². The van der Waals surface area contributed by atoms with Crippen LogP contribution in [0.2, 0.25) is 0 Å². The van der Waals surface area contributed by atoms with Crippen LogP contribution < -0.4 is 5.73 Å². The van der Waals surface area contributed by atoms with Crippen LogP contribution in [0.3, 0.4) is 0 Å². The van der Waals surface area contributed by atoms with Crippen LogP contribution in [0.25, 0.3) is 0 Å². The van der Waals surface area contributed by atoms with E-state index in [0.717, 1.165) is 0 Å². The zero-order chi connectivity index (χ0) is 17.1. The lowest BCUT2D eigenvalue weighted by atomic mass is 9.62. The third kappa shape index (κ3) is 6.22. The van der Waals surface area contributed by atoms with Crippen molar-refractivity contribution in [3.05, 3.63) is 0 Å². The second-order valence-corrected chi connectivity index (χ2v) is 10.5. The summed E-state index contributed by atoms with van der Waals surface area (Å²) >= 11 is 0. The van der Waals surface area contributed by atoms with Crippen molar-refractivity contribution in [1.29, 1.82) is 0 Å². The molecule has 1 fully saturated rings. The van der Waals surface area contributed by atoms with Crippen molar-refractivity contribution < 1.29 is 0 Å². The molecule has 0 bridgehead atoms. The van der Waals surface area contributed by atoms with Crippen LogP contribution in [0.15, 0.2) is 0 Å². The molecule has 0 aromatic carbocycles. The van der Waals surface area contributed by atoms with Gasteiger partial charge in [0.2, 0.25) is 0 Å². The topological polar surface area (TPSA) is 26.0 Å². The fourth-order valence-electron chi connectivity index (χ4n) is 3.91. The van der Waals surface area contributed by atoms with Gasteiger partial charge in [0.15, 0.2) is 0 Å². The molecule has 0 saturated heterocycles. The highest BCUT2D eigenvalue weighted by atomic mass is 14.7. The molecule has 0 aromatic heterocycles. The van der Waals surface area contributed by atoms with E-state index < -0.39 is 0 Å². The van der Waals surface area contributed by atoms with Gasteiger partial charge in [-0.05, 0) is 61.7 Å². The second-order valence-electron chi connectivity index (χ2n) is 10.5. The normalized spacial score (nSPS) is 36.0. The summed E-state index contributed by atoms with van der Waals surface area (Å²) in [6, 6.07) is 0. The van der Waals surface area contributed by atoms with Gasteiger partial charge in [0, 0.05) is 5.54 Å². The van der Waals surface area contributed by atoms with E-state index in [4.69, 9.17) is 5.73 Å². The van der Waals surface area contributed by atoms with Gasteiger partial charge in [0.05, 0.1) is 0 Å². The number of hydrogen-bond acceptors (Lipinski definition) is 1. The van der Waals surface area contributed by atoms with Gasteiger partial charge in [-0.15, -0.1) is 0 Å². The molecule has 1 aliphatic carbocycles. The van der Waals surface area contributed by atoms with Gasteiger partial charge in [0.1, 0.15) is 0 Å². The van der Waals surface area contributed by atoms with Gasteiger partial charge in [-0.25, -0.2) is 0 Å². The zero-order valence-electron chi connectivity index (χ0n) is 16.6. The summed E-state index contributed by atoms with van der Waals surface area (Å²) in [6.45, 7) is 17.0. The van der Waals surface area contributed by atoms with E-state index in [1.165, 1.54) is 64.2 Å². The first kappa shape index (κ1) is 20.0. The molecule has 2 unspecified atom stereocenters. The third-order valence-corrected chi connectivity index (χ3v) is 6.74. The molecule has 1 saturated carbocycles. The molecule has 0 amide bonds. The minimum absolute atomic E-state index is 0.0312. The molecule has 1 heteroatoms. The Balaban J connectivity index is 2.80. The lowest BCUT2D eigenvalue weighted by Gasteiger charge is -2.43. The number of nitrogens with two attached hydrogens (primary N) is 1. The molecule has 0 aliphatic heterocycles. The Bertz CT molecular complexity index is 308. The summed E-state index contributed by atoms with van der Waals surface area (Å²) in [7, 11) is 0. The molecule has 1 aliphatic rings. The predicted molar refractivity (Wildman–Crippen MR) is 100 cm³/mol. The van der Waals surface area contributed by atoms with E-state index in [1.54, 1.807) is 0 Å². The van der Waals surface area contributed by atoms with Gasteiger partial charge in [-0.3, -0.25) is 0 Å². The van der Waals surface area contributed by atoms with Crippen molar-refractivity contribution in [2.75, 3.05) is 0 Å². The van der Waals surface area contributed by atoms with Crippen LogP contribution in [0.4, 0.5) is 0 Å². The lowest BCUT2D eigenvalue weighted by molar-refractivity contribution is 0.0766. The standard InChI is InChI=1S/C21H43N/c1-18(2,3)20(6)13-9-8-12-19(4,5)16-17-21(7,22)15-11-10-14-20/h8-17,22H2,1-7H3. The minimum Gasteiger partial charge on any atom is -0.325 e. The third-order valence-electron chi connectivity index (χ3n) is 6.74. The highest BCUT2D eigenvalue weighted by molar-refractivity contribution is 4.88. The molecule has 0 heterocycles. The maximum atomic E-state index is 6.57. The Labute approximate surface area is 140 Å². The van der Waals surface area contributed by atoms with E-state index >= 15 is 0 Å². The van der Waals surface area contributed by atoms with Crippen molar-refractivity contribution in [1.82, 2.24) is 0 Å². The van der Waals surface area contributed by atoms with Crippen molar-refractivity contribution >= 4 is 0 Å². The molecular weight excluding hydrogens is 266 g/mol. The quantitative estimate of drug-likeness (QED) is 0.529. The average Bonchev–Trinajstić information content (AvgIpc) is 2.37. The summed E-state index contributed by atoms with van der Waals surface area (Å²) in [5, 5.41) is 0. The smallest absolute Gasteiger partial charge is 0.0126 e. The van der Waals surface area contributed by atoms with E-state index in [-0.39, 0.29) is 5.54 Å². The fraction of sp³-hybridized carbons (Fsp3) is 1.00. The summed E-state index contributed by atoms with van der Waals surface area (Å²) in [5.41, 5.74) is 7.92. The first-order valence-electron chi connectivity index (χ1n) is 9.66. The van der Waals surface area contributed by atoms with Crippen LogP contribution in [-0.2, 0) is 0 Å². The molecule has 1 nitrogen and oxygen atoms in total. The van der Waals surface area contributed by atoms with Crippen LogP contribution in [-0.4, -0.2) is 5.54 Å². The van der Waals surface area contributed by atoms with Gasteiger partial charge in [0.25, 0.3) is 0 Å². The number of hydrogen-bond donors (Lipinski definition) is 1. The first-order valence-corrected chi connectivity index (χ1v) is 9.66. The van der Waals surface area contributed by atoms with E-state index in [9.17, 15) is 0 Å². The SMILES string of the molecule is CC1(C)CCCCC(C)(C(C)(C)C)CCCCC(C)(N)CC1. The second kappa shape index (κ2) is 7.24. The summed E-state index contributed by atoms with van der Waals surface area (Å²) in [6.07, 6.45) is 13.1.